The van der Waals surface area contributed by atoms with E-state index in [1.807, 2.05) is 0 Å². The van der Waals surface area contributed by atoms with Crippen LogP contribution in [0, 0.1) is 6.92 Å². The molecule has 0 amide bonds. The Morgan fingerprint density at radius 1 is 1.25 bits per heavy atom. The number of aryl methyl sites for hydroxylation is 2. The fourth-order valence-corrected chi connectivity index (χ4v) is 3.01. The third-order valence-electron chi connectivity index (χ3n) is 3.82. The summed E-state index contributed by atoms with van der Waals surface area (Å²) >= 11 is 3.58. The first kappa shape index (κ1) is 13.5. The maximum absolute atomic E-state index is 3.58. The molecule has 3 rings (SSSR count). The molecule has 2 aromatic rings. The van der Waals surface area contributed by atoms with Gasteiger partial charge in [-0.15, -0.1) is 0 Å². The highest BCUT2D eigenvalue weighted by Gasteiger charge is 2.11. The molecule has 20 heavy (non-hydrogen) atoms. The largest absolute Gasteiger partial charge is 0.385 e. The van der Waals surface area contributed by atoms with Crippen molar-refractivity contribution in [3.05, 3.63) is 57.6 Å². The molecule has 1 aliphatic rings. The number of hydrogen-bond donors (Lipinski definition) is 2. The first-order chi connectivity index (χ1) is 9.74. The lowest BCUT2D eigenvalue weighted by Crippen LogP contribution is -2.15. The van der Waals surface area contributed by atoms with Crippen LogP contribution in [-0.2, 0) is 13.0 Å². The zero-order valence-corrected chi connectivity index (χ0v) is 13.3. The number of rotatable bonds is 3. The summed E-state index contributed by atoms with van der Waals surface area (Å²) in [5.41, 5.74) is 6.53. The lowest BCUT2D eigenvalue weighted by atomic mass is 9.99. The smallest absolute Gasteiger partial charge is 0.0423 e. The first-order valence-corrected chi connectivity index (χ1v) is 7.88. The van der Waals surface area contributed by atoms with Crippen LogP contribution >= 0.6 is 15.9 Å². The first-order valence-electron chi connectivity index (χ1n) is 7.09. The van der Waals surface area contributed by atoms with Gasteiger partial charge in [-0.2, -0.15) is 0 Å². The standard InChI is InChI=1S/C17H19BrN2/c1-12-7-8-15(10-16(12)18)20-11-14-5-2-4-13-6-3-9-19-17(13)14/h2,4-5,7-8,10,19-20H,3,6,9,11H2,1H3. The lowest BCUT2D eigenvalue weighted by Gasteiger charge is -2.21. The Morgan fingerprint density at radius 3 is 3.00 bits per heavy atom. The van der Waals surface area contributed by atoms with Crippen LogP contribution in [0.5, 0.6) is 0 Å². The van der Waals surface area contributed by atoms with Crippen molar-refractivity contribution in [2.75, 3.05) is 17.2 Å². The summed E-state index contributed by atoms with van der Waals surface area (Å²) in [5, 5.41) is 7.05. The van der Waals surface area contributed by atoms with Crippen LogP contribution in [0.15, 0.2) is 40.9 Å². The molecule has 0 unspecified atom stereocenters. The van der Waals surface area contributed by atoms with Crippen molar-refractivity contribution in [2.24, 2.45) is 0 Å². The Morgan fingerprint density at radius 2 is 2.15 bits per heavy atom. The molecule has 0 bridgehead atoms. The number of halogens is 1. The van der Waals surface area contributed by atoms with Gasteiger partial charge in [0.25, 0.3) is 0 Å². The van der Waals surface area contributed by atoms with Gasteiger partial charge in [0, 0.05) is 28.9 Å². The second-order valence-corrected chi connectivity index (χ2v) is 6.15. The molecule has 2 N–H and O–H groups in total. The molecule has 0 fully saturated rings. The highest BCUT2D eigenvalue weighted by molar-refractivity contribution is 9.10. The number of fused-ring (bicyclic) bond motifs is 1. The Kier molecular flexibility index (Phi) is 3.97. The van der Waals surface area contributed by atoms with Crippen LogP contribution in [0.4, 0.5) is 11.4 Å². The molecule has 3 heteroatoms. The summed E-state index contributed by atoms with van der Waals surface area (Å²) in [6.45, 7) is 4.04. The van der Waals surface area contributed by atoms with Crippen molar-refractivity contribution in [3.8, 4) is 0 Å². The Labute approximate surface area is 128 Å². The topological polar surface area (TPSA) is 24.1 Å². The molecular formula is C17H19BrN2. The lowest BCUT2D eigenvalue weighted by molar-refractivity contribution is 0.825. The average molecular weight is 331 g/mol. The van der Waals surface area contributed by atoms with Gasteiger partial charge >= 0.3 is 0 Å². The van der Waals surface area contributed by atoms with Gasteiger partial charge in [-0.1, -0.05) is 40.2 Å². The van der Waals surface area contributed by atoms with Crippen molar-refractivity contribution in [1.29, 1.82) is 0 Å². The third kappa shape index (κ3) is 2.83. The van der Waals surface area contributed by atoms with Crippen LogP contribution in [0.3, 0.4) is 0 Å². The summed E-state index contributed by atoms with van der Waals surface area (Å²) in [6.07, 6.45) is 2.42. The minimum absolute atomic E-state index is 0.853. The van der Waals surface area contributed by atoms with E-state index < -0.39 is 0 Å². The van der Waals surface area contributed by atoms with Crippen molar-refractivity contribution in [1.82, 2.24) is 0 Å². The predicted molar refractivity (Wildman–Crippen MR) is 89.5 cm³/mol. The number of nitrogens with one attached hydrogen (secondary N) is 2. The molecule has 104 valence electrons. The molecule has 0 aliphatic carbocycles. The van der Waals surface area contributed by atoms with E-state index in [0.717, 1.165) is 23.2 Å². The molecule has 0 spiro atoms. The minimum Gasteiger partial charge on any atom is -0.385 e. The monoisotopic (exact) mass is 330 g/mol. The van der Waals surface area contributed by atoms with E-state index in [-0.39, 0.29) is 0 Å². The molecule has 0 saturated carbocycles. The molecular weight excluding hydrogens is 312 g/mol. The number of anilines is 2. The Bertz CT molecular complexity index is 622. The van der Waals surface area contributed by atoms with Crippen molar-refractivity contribution < 1.29 is 0 Å². The fraction of sp³-hybridized carbons (Fsp3) is 0.294. The van der Waals surface area contributed by atoms with Crippen molar-refractivity contribution in [2.45, 2.75) is 26.3 Å². The van der Waals surface area contributed by atoms with E-state index in [1.165, 1.54) is 35.2 Å². The maximum atomic E-state index is 3.58. The molecule has 1 heterocycles. The number of benzene rings is 2. The van der Waals surface area contributed by atoms with Gasteiger partial charge in [-0.05, 0) is 48.6 Å². The summed E-state index contributed by atoms with van der Waals surface area (Å²) in [4.78, 5) is 0. The highest BCUT2D eigenvalue weighted by atomic mass is 79.9. The average Bonchev–Trinajstić information content (AvgIpc) is 2.48. The van der Waals surface area contributed by atoms with E-state index >= 15 is 0 Å². The van der Waals surface area contributed by atoms with Gasteiger partial charge in [0.15, 0.2) is 0 Å². The van der Waals surface area contributed by atoms with Gasteiger partial charge in [-0.3, -0.25) is 0 Å². The van der Waals surface area contributed by atoms with Gasteiger partial charge < -0.3 is 10.6 Å². The maximum Gasteiger partial charge on any atom is 0.0423 e. The third-order valence-corrected chi connectivity index (χ3v) is 4.67. The molecule has 1 aliphatic heterocycles. The molecule has 0 atom stereocenters. The number of para-hydroxylation sites is 1. The minimum atomic E-state index is 0.853. The normalized spacial score (nSPS) is 13.5. The summed E-state index contributed by atoms with van der Waals surface area (Å²) in [6, 6.07) is 13.0. The molecule has 2 aromatic carbocycles. The SMILES string of the molecule is Cc1ccc(NCc2cccc3c2NCCC3)cc1Br. The molecule has 0 saturated heterocycles. The van der Waals surface area contributed by atoms with E-state index in [0.29, 0.717) is 0 Å². The van der Waals surface area contributed by atoms with Gasteiger partial charge in [0.1, 0.15) is 0 Å². The van der Waals surface area contributed by atoms with E-state index in [2.05, 4.69) is 69.9 Å². The van der Waals surface area contributed by atoms with E-state index in [1.54, 1.807) is 0 Å². The van der Waals surface area contributed by atoms with E-state index in [4.69, 9.17) is 0 Å². The van der Waals surface area contributed by atoms with Crippen molar-refractivity contribution >= 4 is 27.3 Å². The Balaban J connectivity index is 1.76. The zero-order valence-electron chi connectivity index (χ0n) is 11.7. The van der Waals surface area contributed by atoms with Gasteiger partial charge in [-0.25, -0.2) is 0 Å². The second-order valence-electron chi connectivity index (χ2n) is 5.30. The number of hydrogen-bond acceptors (Lipinski definition) is 2. The second kappa shape index (κ2) is 5.88. The van der Waals surface area contributed by atoms with Crippen LogP contribution in [0.1, 0.15) is 23.1 Å². The van der Waals surface area contributed by atoms with Crippen LogP contribution < -0.4 is 10.6 Å². The Hall–Kier alpha value is -1.48. The van der Waals surface area contributed by atoms with Gasteiger partial charge in [0.05, 0.1) is 0 Å². The molecule has 2 nitrogen and oxygen atoms in total. The van der Waals surface area contributed by atoms with Crippen LogP contribution in [-0.4, -0.2) is 6.54 Å². The van der Waals surface area contributed by atoms with Gasteiger partial charge in [0.2, 0.25) is 0 Å². The highest BCUT2D eigenvalue weighted by Crippen LogP contribution is 2.27. The predicted octanol–water partition coefficient (Wildman–Crippen LogP) is 4.73. The molecule has 0 aromatic heterocycles. The zero-order chi connectivity index (χ0) is 13.9. The summed E-state index contributed by atoms with van der Waals surface area (Å²) in [5.74, 6) is 0. The molecule has 0 radical (unpaired) electrons. The van der Waals surface area contributed by atoms with E-state index in [9.17, 15) is 0 Å². The summed E-state index contributed by atoms with van der Waals surface area (Å²) in [7, 11) is 0. The summed E-state index contributed by atoms with van der Waals surface area (Å²) < 4.78 is 1.15. The van der Waals surface area contributed by atoms with Crippen LogP contribution in [0.2, 0.25) is 0 Å². The quantitative estimate of drug-likeness (QED) is 0.850. The van der Waals surface area contributed by atoms with Crippen molar-refractivity contribution in [3.63, 3.8) is 0 Å². The fourth-order valence-electron chi connectivity index (χ4n) is 2.63. The van der Waals surface area contributed by atoms with Crippen LogP contribution in [0.25, 0.3) is 0 Å².